The van der Waals surface area contributed by atoms with Crippen molar-refractivity contribution in [3.63, 3.8) is 0 Å². The summed E-state index contributed by atoms with van der Waals surface area (Å²) in [6, 6.07) is 17.9. The first-order valence-corrected chi connectivity index (χ1v) is 10.8. The Balaban J connectivity index is 2.02. The standard InChI is InChI=1S/C21H23NO4S2/c1-15(23)27-13-17(12-16-8-4-2-5-9-16)20(24)22-19(21(25)26)14-28-18-10-6-3-7-11-18/h2-11,17,19H,12-14H2,1H3,(H,22,24)(H,25,26)/t17?,19-/m1/s1. The maximum Gasteiger partial charge on any atom is 0.327 e. The smallest absolute Gasteiger partial charge is 0.327 e. The fourth-order valence-electron chi connectivity index (χ4n) is 2.50. The second-order valence-electron chi connectivity index (χ2n) is 6.21. The molecule has 0 saturated carbocycles. The van der Waals surface area contributed by atoms with E-state index >= 15 is 0 Å². The van der Waals surface area contributed by atoms with Gasteiger partial charge in [0.15, 0.2) is 5.12 Å². The number of carbonyl (C=O) groups excluding carboxylic acids is 2. The number of aliphatic carboxylic acids is 1. The van der Waals surface area contributed by atoms with Gasteiger partial charge in [0, 0.05) is 23.3 Å². The van der Waals surface area contributed by atoms with E-state index in [-0.39, 0.29) is 16.8 Å². The lowest BCUT2D eigenvalue weighted by Gasteiger charge is -2.20. The largest absolute Gasteiger partial charge is 0.480 e. The van der Waals surface area contributed by atoms with Crippen LogP contribution in [0.5, 0.6) is 0 Å². The van der Waals surface area contributed by atoms with E-state index in [1.54, 1.807) is 0 Å². The molecule has 1 unspecified atom stereocenters. The van der Waals surface area contributed by atoms with E-state index in [2.05, 4.69) is 5.32 Å². The fraction of sp³-hybridized carbons (Fsp3) is 0.286. The van der Waals surface area contributed by atoms with Crippen molar-refractivity contribution in [1.82, 2.24) is 5.32 Å². The van der Waals surface area contributed by atoms with Crippen LogP contribution in [0.25, 0.3) is 0 Å². The summed E-state index contributed by atoms with van der Waals surface area (Å²) >= 11 is 2.46. The first kappa shape index (κ1) is 22.0. The van der Waals surface area contributed by atoms with E-state index < -0.39 is 17.9 Å². The van der Waals surface area contributed by atoms with E-state index in [1.165, 1.54) is 18.7 Å². The van der Waals surface area contributed by atoms with Crippen molar-refractivity contribution in [3.8, 4) is 0 Å². The van der Waals surface area contributed by atoms with Crippen molar-refractivity contribution in [2.45, 2.75) is 24.3 Å². The van der Waals surface area contributed by atoms with E-state index in [0.29, 0.717) is 12.2 Å². The fourth-order valence-corrected chi connectivity index (χ4v) is 4.14. The minimum Gasteiger partial charge on any atom is -0.480 e. The molecule has 2 aromatic carbocycles. The van der Waals surface area contributed by atoms with E-state index in [4.69, 9.17) is 0 Å². The summed E-state index contributed by atoms with van der Waals surface area (Å²) in [5.74, 6) is -1.37. The molecule has 0 fully saturated rings. The monoisotopic (exact) mass is 417 g/mol. The summed E-state index contributed by atoms with van der Waals surface area (Å²) in [4.78, 5) is 36.7. The van der Waals surface area contributed by atoms with Gasteiger partial charge < -0.3 is 10.4 Å². The number of thioether (sulfide) groups is 2. The molecular formula is C21H23NO4S2. The highest BCUT2D eigenvalue weighted by Crippen LogP contribution is 2.19. The summed E-state index contributed by atoms with van der Waals surface area (Å²) in [7, 11) is 0. The highest BCUT2D eigenvalue weighted by Gasteiger charge is 2.26. The zero-order chi connectivity index (χ0) is 20.4. The molecule has 28 heavy (non-hydrogen) atoms. The molecule has 0 heterocycles. The Morgan fingerprint density at radius 3 is 2.14 bits per heavy atom. The highest BCUT2D eigenvalue weighted by molar-refractivity contribution is 8.13. The second kappa shape index (κ2) is 11.6. The molecule has 2 atom stereocenters. The van der Waals surface area contributed by atoms with Gasteiger partial charge in [0.2, 0.25) is 5.91 Å². The zero-order valence-electron chi connectivity index (χ0n) is 15.5. The molecule has 0 radical (unpaired) electrons. The van der Waals surface area contributed by atoms with Crippen molar-refractivity contribution >= 4 is 40.5 Å². The van der Waals surface area contributed by atoms with Gasteiger partial charge in [0.05, 0.1) is 5.92 Å². The number of carboxylic acid groups (broad SMARTS) is 1. The summed E-state index contributed by atoms with van der Waals surface area (Å²) in [6.45, 7) is 1.46. The average molecular weight is 418 g/mol. The van der Waals surface area contributed by atoms with Gasteiger partial charge in [-0.3, -0.25) is 9.59 Å². The Bertz CT molecular complexity index is 784. The van der Waals surface area contributed by atoms with Crippen molar-refractivity contribution < 1.29 is 19.5 Å². The maximum atomic E-state index is 12.8. The van der Waals surface area contributed by atoms with Gasteiger partial charge in [0.25, 0.3) is 0 Å². The predicted molar refractivity (Wildman–Crippen MR) is 114 cm³/mol. The first-order valence-electron chi connectivity index (χ1n) is 8.84. The van der Waals surface area contributed by atoms with Crippen LogP contribution in [0.3, 0.4) is 0 Å². The van der Waals surface area contributed by atoms with Crippen LogP contribution in [0, 0.1) is 5.92 Å². The first-order chi connectivity index (χ1) is 13.5. The Kier molecular flexibility index (Phi) is 9.10. The third kappa shape index (κ3) is 7.78. The summed E-state index contributed by atoms with van der Waals surface area (Å²) in [5, 5.41) is 12.1. The topological polar surface area (TPSA) is 83.5 Å². The molecule has 0 aliphatic heterocycles. The van der Waals surface area contributed by atoms with Crippen LogP contribution < -0.4 is 5.32 Å². The number of rotatable bonds is 10. The number of nitrogens with one attached hydrogen (secondary N) is 1. The van der Waals surface area contributed by atoms with E-state index in [9.17, 15) is 19.5 Å². The van der Waals surface area contributed by atoms with E-state index in [0.717, 1.165) is 22.2 Å². The molecule has 5 nitrogen and oxygen atoms in total. The van der Waals surface area contributed by atoms with Gasteiger partial charge in [-0.15, -0.1) is 11.8 Å². The Labute approximate surface area is 173 Å². The minimum absolute atomic E-state index is 0.0692. The van der Waals surface area contributed by atoms with Crippen LogP contribution >= 0.6 is 23.5 Å². The van der Waals surface area contributed by atoms with Gasteiger partial charge in [-0.25, -0.2) is 4.79 Å². The number of carboxylic acids is 1. The lowest BCUT2D eigenvalue weighted by atomic mass is 10.00. The summed E-state index contributed by atoms with van der Waals surface area (Å²) < 4.78 is 0. The van der Waals surface area contributed by atoms with Gasteiger partial charge in [-0.05, 0) is 24.1 Å². The molecule has 2 aromatic rings. The van der Waals surface area contributed by atoms with Gasteiger partial charge >= 0.3 is 5.97 Å². The average Bonchev–Trinajstić information content (AvgIpc) is 2.69. The summed E-state index contributed by atoms with van der Waals surface area (Å²) in [5.41, 5.74) is 0.970. The number of hydrogen-bond donors (Lipinski definition) is 2. The van der Waals surface area contributed by atoms with Crippen molar-refractivity contribution in [3.05, 3.63) is 66.2 Å². The van der Waals surface area contributed by atoms with Gasteiger partial charge in [-0.1, -0.05) is 60.3 Å². The Hall–Kier alpha value is -2.25. The van der Waals surface area contributed by atoms with E-state index in [1.807, 2.05) is 60.7 Å². The molecule has 0 aliphatic rings. The highest BCUT2D eigenvalue weighted by atomic mass is 32.2. The Morgan fingerprint density at radius 2 is 1.57 bits per heavy atom. The normalized spacial score (nSPS) is 12.8. The third-order valence-electron chi connectivity index (χ3n) is 3.96. The lowest BCUT2D eigenvalue weighted by molar-refractivity contribution is -0.141. The zero-order valence-corrected chi connectivity index (χ0v) is 17.2. The van der Waals surface area contributed by atoms with Gasteiger partial charge in [-0.2, -0.15) is 0 Å². The van der Waals surface area contributed by atoms with Crippen molar-refractivity contribution in [2.75, 3.05) is 11.5 Å². The van der Waals surface area contributed by atoms with Gasteiger partial charge in [0.1, 0.15) is 6.04 Å². The van der Waals surface area contributed by atoms with Crippen LogP contribution in [0.1, 0.15) is 12.5 Å². The lowest BCUT2D eigenvalue weighted by Crippen LogP contribution is -2.46. The minimum atomic E-state index is -1.07. The molecule has 0 aromatic heterocycles. The van der Waals surface area contributed by atoms with Crippen LogP contribution in [-0.2, 0) is 20.8 Å². The molecule has 2 rings (SSSR count). The SMILES string of the molecule is CC(=O)SCC(Cc1ccccc1)C(=O)N[C@H](CSc1ccccc1)C(=O)O. The van der Waals surface area contributed by atoms with Crippen LogP contribution in [0.2, 0.25) is 0 Å². The van der Waals surface area contributed by atoms with Crippen molar-refractivity contribution in [2.24, 2.45) is 5.92 Å². The molecule has 2 N–H and O–H groups in total. The third-order valence-corrected chi connectivity index (χ3v) is 6.04. The molecule has 0 bridgehead atoms. The molecule has 0 aliphatic carbocycles. The second-order valence-corrected chi connectivity index (χ2v) is 8.50. The summed E-state index contributed by atoms with van der Waals surface area (Å²) in [6.07, 6.45) is 0.450. The number of carbonyl (C=O) groups is 3. The van der Waals surface area contributed by atoms with Crippen LogP contribution in [0.4, 0.5) is 0 Å². The van der Waals surface area contributed by atoms with Crippen LogP contribution in [0.15, 0.2) is 65.6 Å². The Morgan fingerprint density at radius 1 is 0.964 bits per heavy atom. The number of hydrogen-bond acceptors (Lipinski definition) is 5. The molecule has 148 valence electrons. The number of amides is 1. The molecule has 1 amide bonds. The van der Waals surface area contributed by atoms with Crippen LogP contribution in [-0.4, -0.2) is 39.6 Å². The quantitative estimate of drug-likeness (QED) is 0.576. The maximum absolute atomic E-state index is 12.8. The predicted octanol–water partition coefficient (Wildman–Crippen LogP) is 3.49. The van der Waals surface area contributed by atoms with Crippen molar-refractivity contribution in [1.29, 1.82) is 0 Å². The number of benzene rings is 2. The molecule has 0 spiro atoms. The molecular weight excluding hydrogens is 394 g/mol. The molecule has 0 saturated heterocycles. The molecule has 7 heteroatoms.